The molecule has 0 aromatic rings. The molecule has 0 saturated carbocycles. The maximum atomic E-state index is 10.6. The highest BCUT2D eigenvalue weighted by Crippen LogP contribution is 1.96. The van der Waals surface area contributed by atoms with E-state index in [0.29, 0.717) is 6.42 Å². The minimum absolute atomic E-state index is 0.264. The van der Waals surface area contributed by atoms with Crippen LogP contribution in [0.1, 0.15) is 46.0 Å². The number of carbonyl (C=O) groups is 1. The molecule has 84 valence electrons. The first-order valence-corrected chi connectivity index (χ1v) is 5.71. The molecule has 0 heterocycles. The van der Waals surface area contributed by atoms with E-state index in [1.807, 2.05) is 0 Å². The monoisotopic (exact) mass is 206 g/mol. The van der Waals surface area contributed by atoms with E-state index in [9.17, 15) is 4.79 Å². The average Bonchev–Trinajstić information content (AvgIpc) is 2.20. The lowest BCUT2D eigenvalue weighted by Gasteiger charge is -1.87. The summed E-state index contributed by atoms with van der Waals surface area (Å²) in [5, 5.41) is 0. The number of ketones is 1. The summed E-state index contributed by atoms with van der Waals surface area (Å²) in [6.45, 7) is 3.77. The van der Waals surface area contributed by atoms with Crippen molar-refractivity contribution in [2.75, 3.05) is 0 Å². The third-order valence-electron chi connectivity index (χ3n) is 1.94. The molecule has 0 rings (SSSR count). The third-order valence-corrected chi connectivity index (χ3v) is 1.94. The summed E-state index contributed by atoms with van der Waals surface area (Å²) in [5.41, 5.74) is 0. The molecule has 0 aromatic heterocycles. The zero-order valence-corrected chi connectivity index (χ0v) is 9.91. The van der Waals surface area contributed by atoms with Gasteiger partial charge in [-0.15, -0.1) is 0 Å². The summed E-state index contributed by atoms with van der Waals surface area (Å²) in [6, 6.07) is 0. The average molecular weight is 206 g/mol. The molecule has 0 unspecified atom stereocenters. The first-order chi connectivity index (χ1) is 7.27. The smallest absolute Gasteiger partial charge is 0.130 e. The van der Waals surface area contributed by atoms with E-state index in [1.165, 1.54) is 0 Å². The number of rotatable bonds is 8. The number of Topliss-reactive ketones (excluding diaryl/α,β-unsaturated/α-hetero) is 1. The summed E-state index contributed by atoms with van der Waals surface area (Å²) in [7, 11) is 0. The second kappa shape index (κ2) is 11.0. The predicted octanol–water partition coefficient (Wildman–Crippen LogP) is 4.21. The fourth-order valence-corrected chi connectivity index (χ4v) is 1.11. The van der Waals surface area contributed by atoms with Gasteiger partial charge in [0.1, 0.15) is 5.78 Å². The van der Waals surface area contributed by atoms with Crippen molar-refractivity contribution in [3.05, 3.63) is 36.5 Å². The van der Waals surface area contributed by atoms with Gasteiger partial charge in [-0.3, -0.25) is 0 Å². The van der Waals surface area contributed by atoms with E-state index in [0.717, 1.165) is 25.7 Å². The minimum Gasteiger partial charge on any atom is -0.300 e. The van der Waals surface area contributed by atoms with Crippen molar-refractivity contribution in [3.63, 3.8) is 0 Å². The molecule has 0 N–H and O–H groups in total. The molecule has 1 heteroatoms. The second-order valence-corrected chi connectivity index (χ2v) is 3.53. The fourth-order valence-electron chi connectivity index (χ4n) is 1.11. The second-order valence-electron chi connectivity index (χ2n) is 3.53. The number of carbonyl (C=O) groups excluding carboxylic acids is 1. The Morgan fingerprint density at radius 1 is 0.933 bits per heavy atom. The van der Waals surface area contributed by atoms with Crippen molar-refractivity contribution in [1.29, 1.82) is 0 Å². The maximum absolute atomic E-state index is 10.6. The van der Waals surface area contributed by atoms with Gasteiger partial charge in [-0.25, -0.2) is 0 Å². The van der Waals surface area contributed by atoms with Gasteiger partial charge in [0.2, 0.25) is 0 Å². The van der Waals surface area contributed by atoms with Crippen molar-refractivity contribution in [2.45, 2.75) is 46.0 Å². The molecule has 15 heavy (non-hydrogen) atoms. The van der Waals surface area contributed by atoms with Crippen LogP contribution in [0.4, 0.5) is 0 Å². The zero-order chi connectivity index (χ0) is 11.4. The Kier molecular flexibility index (Phi) is 10.2. The highest BCUT2D eigenvalue weighted by molar-refractivity contribution is 5.75. The molecule has 0 atom stereocenters. The van der Waals surface area contributed by atoms with Gasteiger partial charge in [0.15, 0.2) is 0 Å². The molecule has 1 nitrogen and oxygen atoms in total. The van der Waals surface area contributed by atoms with Crippen molar-refractivity contribution in [2.24, 2.45) is 0 Å². The molecule has 0 saturated heterocycles. The van der Waals surface area contributed by atoms with Gasteiger partial charge in [-0.2, -0.15) is 0 Å². The molecule has 0 bridgehead atoms. The van der Waals surface area contributed by atoms with Crippen LogP contribution in [0.3, 0.4) is 0 Å². The lowest BCUT2D eigenvalue weighted by atomic mass is 10.2. The van der Waals surface area contributed by atoms with Crippen molar-refractivity contribution in [1.82, 2.24) is 0 Å². The van der Waals surface area contributed by atoms with Crippen LogP contribution in [-0.4, -0.2) is 5.78 Å². The van der Waals surface area contributed by atoms with E-state index < -0.39 is 0 Å². The Hall–Kier alpha value is -1.11. The van der Waals surface area contributed by atoms with Crippen LogP contribution >= 0.6 is 0 Å². The topological polar surface area (TPSA) is 17.1 Å². The van der Waals surface area contributed by atoms with E-state index in [4.69, 9.17) is 0 Å². The van der Waals surface area contributed by atoms with Gasteiger partial charge in [0.25, 0.3) is 0 Å². The number of hydrogen-bond donors (Lipinski definition) is 0. The fraction of sp³-hybridized carbons (Fsp3) is 0.500. The molecular formula is C14H22O. The first-order valence-electron chi connectivity index (χ1n) is 5.71. The minimum atomic E-state index is 0.264. The van der Waals surface area contributed by atoms with E-state index in [1.54, 1.807) is 6.92 Å². The first kappa shape index (κ1) is 13.9. The van der Waals surface area contributed by atoms with Crippen LogP contribution in [0.25, 0.3) is 0 Å². The molecule has 0 aromatic carbocycles. The molecule has 0 radical (unpaired) electrons. The largest absolute Gasteiger partial charge is 0.300 e. The molecule has 0 aliphatic heterocycles. The molecule has 0 spiro atoms. The molecule has 0 aliphatic rings. The molecule has 0 aliphatic carbocycles. The van der Waals surface area contributed by atoms with Crippen LogP contribution in [0.5, 0.6) is 0 Å². The van der Waals surface area contributed by atoms with Crippen molar-refractivity contribution >= 4 is 5.78 Å². The Balaban J connectivity index is 3.36. The molecule has 0 amide bonds. The Morgan fingerprint density at radius 3 is 2.00 bits per heavy atom. The normalized spacial score (nSPS) is 12.1. The Morgan fingerprint density at radius 2 is 1.47 bits per heavy atom. The van der Waals surface area contributed by atoms with Gasteiger partial charge in [-0.1, -0.05) is 43.4 Å². The predicted molar refractivity (Wildman–Crippen MR) is 66.9 cm³/mol. The molecule has 0 fully saturated rings. The zero-order valence-electron chi connectivity index (χ0n) is 9.91. The summed E-state index contributed by atoms with van der Waals surface area (Å²) >= 11 is 0. The lowest BCUT2D eigenvalue weighted by molar-refractivity contribution is -0.116. The van der Waals surface area contributed by atoms with Crippen LogP contribution in [-0.2, 0) is 4.79 Å². The Labute approximate surface area is 93.6 Å². The van der Waals surface area contributed by atoms with Crippen LogP contribution in [0.15, 0.2) is 36.5 Å². The van der Waals surface area contributed by atoms with Crippen LogP contribution < -0.4 is 0 Å². The van der Waals surface area contributed by atoms with E-state index >= 15 is 0 Å². The molecular weight excluding hydrogens is 184 g/mol. The van der Waals surface area contributed by atoms with Crippen molar-refractivity contribution < 1.29 is 4.79 Å². The summed E-state index contributed by atoms with van der Waals surface area (Å²) in [5.74, 6) is 0.264. The quantitative estimate of drug-likeness (QED) is 0.543. The van der Waals surface area contributed by atoms with Gasteiger partial charge in [0, 0.05) is 6.42 Å². The van der Waals surface area contributed by atoms with E-state index in [-0.39, 0.29) is 5.78 Å². The van der Waals surface area contributed by atoms with Crippen LogP contribution in [0.2, 0.25) is 0 Å². The van der Waals surface area contributed by atoms with E-state index in [2.05, 4.69) is 43.4 Å². The summed E-state index contributed by atoms with van der Waals surface area (Å²) < 4.78 is 0. The Bertz CT molecular complexity index is 234. The summed E-state index contributed by atoms with van der Waals surface area (Å²) in [6.07, 6.45) is 17.5. The third kappa shape index (κ3) is 12.9. The SMILES string of the molecule is CC/C=C/C/C=C/C/C=C/CCC(C)=O. The highest BCUT2D eigenvalue weighted by atomic mass is 16.1. The van der Waals surface area contributed by atoms with Crippen LogP contribution in [0, 0.1) is 0 Å². The number of allylic oxidation sites excluding steroid dienone is 6. The highest BCUT2D eigenvalue weighted by Gasteiger charge is 1.87. The lowest BCUT2D eigenvalue weighted by Crippen LogP contribution is -1.85. The van der Waals surface area contributed by atoms with Gasteiger partial charge in [0.05, 0.1) is 0 Å². The van der Waals surface area contributed by atoms with Gasteiger partial charge < -0.3 is 4.79 Å². The standard InChI is InChI=1S/C14H22O/c1-3-4-5-6-7-8-9-10-11-12-13-14(2)15/h4-5,7-8,10-11H,3,6,9,12-13H2,1-2H3/b5-4+,8-7+,11-10+. The maximum Gasteiger partial charge on any atom is 0.130 e. The van der Waals surface area contributed by atoms with Crippen molar-refractivity contribution in [3.8, 4) is 0 Å². The number of hydrogen-bond acceptors (Lipinski definition) is 1. The van der Waals surface area contributed by atoms with Gasteiger partial charge >= 0.3 is 0 Å². The van der Waals surface area contributed by atoms with Gasteiger partial charge in [-0.05, 0) is 32.6 Å². The summed E-state index contributed by atoms with van der Waals surface area (Å²) in [4.78, 5) is 10.6.